The summed E-state index contributed by atoms with van der Waals surface area (Å²) in [4.78, 5) is 12.3. The topological polar surface area (TPSA) is 66.5 Å². The lowest BCUT2D eigenvalue weighted by Gasteiger charge is -2.15. The first-order chi connectivity index (χ1) is 13.8. The van der Waals surface area contributed by atoms with Crippen LogP contribution < -0.4 is 5.32 Å². The minimum Gasteiger partial charge on any atom is -0.356 e. The van der Waals surface area contributed by atoms with Crippen molar-refractivity contribution in [1.29, 1.82) is 0 Å². The number of carbonyl (C=O) groups excluding carboxylic acids is 1. The second-order valence-corrected chi connectivity index (χ2v) is 9.07. The summed E-state index contributed by atoms with van der Waals surface area (Å²) in [5.41, 5.74) is 1.35. The van der Waals surface area contributed by atoms with Crippen LogP contribution in [0.1, 0.15) is 30.4 Å². The molecule has 0 radical (unpaired) electrons. The predicted molar refractivity (Wildman–Crippen MR) is 106 cm³/mol. The molecule has 5 nitrogen and oxygen atoms in total. The molecule has 0 saturated carbocycles. The number of nitrogens with one attached hydrogen (secondary N) is 1. The quantitative estimate of drug-likeness (QED) is 0.711. The van der Waals surface area contributed by atoms with Gasteiger partial charge in [-0.05, 0) is 61.1 Å². The lowest BCUT2D eigenvalue weighted by molar-refractivity contribution is -0.121. The monoisotopic (exact) mass is 422 g/mol. The largest absolute Gasteiger partial charge is 0.356 e. The van der Waals surface area contributed by atoms with Crippen molar-refractivity contribution in [3.63, 3.8) is 0 Å². The van der Waals surface area contributed by atoms with Crippen LogP contribution in [0.2, 0.25) is 0 Å². The van der Waals surface area contributed by atoms with Crippen LogP contribution in [0, 0.1) is 11.6 Å². The van der Waals surface area contributed by atoms with Gasteiger partial charge in [0.25, 0.3) is 0 Å². The van der Waals surface area contributed by atoms with Crippen molar-refractivity contribution >= 4 is 15.9 Å². The van der Waals surface area contributed by atoms with Crippen molar-refractivity contribution < 1.29 is 22.0 Å². The van der Waals surface area contributed by atoms with E-state index in [-0.39, 0.29) is 23.8 Å². The lowest BCUT2D eigenvalue weighted by Crippen LogP contribution is -2.27. The molecule has 0 atom stereocenters. The van der Waals surface area contributed by atoms with Crippen LogP contribution in [-0.4, -0.2) is 38.3 Å². The van der Waals surface area contributed by atoms with Gasteiger partial charge in [-0.15, -0.1) is 0 Å². The van der Waals surface area contributed by atoms with E-state index in [4.69, 9.17) is 0 Å². The van der Waals surface area contributed by atoms with E-state index >= 15 is 0 Å². The van der Waals surface area contributed by atoms with Crippen molar-refractivity contribution in [1.82, 2.24) is 9.62 Å². The first kappa shape index (κ1) is 21.4. The average Bonchev–Trinajstić information content (AvgIpc) is 3.22. The van der Waals surface area contributed by atoms with Crippen molar-refractivity contribution in [2.75, 3.05) is 19.6 Å². The Morgan fingerprint density at radius 2 is 1.55 bits per heavy atom. The lowest BCUT2D eigenvalue weighted by atomic mass is 10.1. The highest BCUT2D eigenvalue weighted by Crippen LogP contribution is 2.21. The molecule has 1 amide bonds. The number of nitrogens with zero attached hydrogens (tertiary/aromatic N) is 1. The molecule has 2 aromatic rings. The van der Waals surface area contributed by atoms with Crippen LogP contribution in [-0.2, 0) is 27.7 Å². The maximum absolute atomic E-state index is 13.1. The number of aryl methyl sites for hydroxylation is 1. The van der Waals surface area contributed by atoms with Crippen LogP contribution in [0.4, 0.5) is 8.78 Å². The molecule has 1 aliphatic rings. The molecule has 0 aliphatic carbocycles. The van der Waals surface area contributed by atoms with Gasteiger partial charge in [0, 0.05) is 32.1 Å². The molecule has 156 valence electrons. The number of hydrogen-bond donors (Lipinski definition) is 1. The predicted octanol–water partition coefficient (Wildman–Crippen LogP) is 3.04. The summed E-state index contributed by atoms with van der Waals surface area (Å²) in [6.45, 7) is 1.41. The van der Waals surface area contributed by atoms with E-state index in [0.29, 0.717) is 31.5 Å². The Hall–Kier alpha value is -2.32. The molecular formula is C21H24F2N2O3S. The van der Waals surface area contributed by atoms with Gasteiger partial charge in [-0.3, -0.25) is 4.79 Å². The van der Waals surface area contributed by atoms with Gasteiger partial charge in [0.05, 0.1) is 4.90 Å². The summed E-state index contributed by atoms with van der Waals surface area (Å²) in [5.74, 6) is -1.45. The third kappa shape index (κ3) is 5.83. The Kier molecular flexibility index (Phi) is 6.97. The molecule has 1 aliphatic heterocycles. The van der Waals surface area contributed by atoms with Crippen molar-refractivity contribution in [2.24, 2.45) is 0 Å². The maximum Gasteiger partial charge on any atom is 0.243 e. The molecule has 0 unspecified atom stereocenters. The van der Waals surface area contributed by atoms with Gasteiger partial charge < -0.3 is 5.32 Å². The number of rotatable bonds is 8. The van der Waals surface area contributed by atoms with Gasteiger partial charge in [0.15, 0.2) is 0 Å². The molecule has 1 fully saturated rings. The van der Waals surface area contributed by atoms with E-state index < -0.39 is 21.7 Å². The van der Waals surface area contributed by atoms with E-state index in [1.807, 2.05) is 0 Å². The van der Waals surface area contributed by atoms with Gasteiger partial charge in [-0.2, -0.15) is 4.31 Å². The third-order valence-electron chi connectivity index (χ3n) is 4.93. The number of amides is 1. The maximum atomic E-state index is 13.1. The molecule has 0 spiro atoms. The molecular weight excluding hydrogens is 398 g/mol. The molecule has 0 bridgehead atoms. The van der Waals surface area contributed by atoms with Gasteiger partial charge in [0.1, 0.15) is 11.6 Å². The second-order valence-electron chi connectivity index (χ2n) is 7.13. The molecule has 1 N–H and O–H groups in total. The highest BCUT2D eigenvalue weighted by molar-refractivity contribution is 7.89. The van der Waals surface area contributed by atoms with Gasteiger partial charge >= 0.3 is 0 Å². The number of halogens is 2. The molecule has 1 saturated heterocycles. The highest BCUT2D eigenvalue weighted by Gasteiger charge is 2.26. The Bertz CT molecular complexity index is 936. The number of hydrogen-bond acceptors (Lipinski definition) is 3. The summed E-state index contributed by atoms with van der Waals surface area (Å²) in [6, 6.07) is 9.92. The van der Waals surface area contributed by atoms with E-state index in [1.165, 1.54) is 16.4 Å². The normalized spacial score (nSPS) is 14.8. The smallest absolute Gasteiger partial charge is 0.243 e. The molecule has 3 rings (SSSR count). The fourth-order valence-electron chi connectivity index (χ4n) is 3.35. The first-order valence-corrected chi connectivity index (χ1v) is 11.1. The average molecular weight is 422 g/mol. The molecule has 29 heavy (non-hydrogen) atoms. The summed E-state index contributed by atoms with van der Waals surface area (Å²) in [6.07, 6.45) is 2.84. The zero-order chi connectivity index (χ0) is 20.9. The van der Waals surface area contributed by atoms with Crippen LogP contribution >= 0.6 is 0 Å². The zero-order valence-electron chi connectivity index (χ0n) is 16.0. The molecule has 0 aromatic heterocycles. The minimum absolute atomic E-state index is 0.171. The van der Waals surface area contributed by atoms with Crippen molar-refractivity contribution in [3.8, 4) is 0 Å². The summed E-state index contributed by atoms with van der Waals surface area (Å²) >= 11 is 0. The van der Waals surface area contributed by atoms with Crippen LogP contribution in [0.3, 0.4) is 0 Å². The fourth-order valence-corrected chi connectivity index (χ4v) is 4.87. The molecule has 2 aromatic carbocycles. The summed E-state index contributed by atoms with van der Waals surface area (Å²) in [5, 5.41) is 2.73. The standard InChI is InChI=1S/C21H24F2N2O3S/c22-18-13-17(14-19(23)15-18)9-10-24-21(26)8-5-16-3-6-20(7-4-16)29(27,28)25-11-1-2-12-25/h3-4,6-7,13-15H,1-2,5,8-12H2,(H,24,26). The Morgan fingerprint density at radius 1 is 0.931 bits per heavy atom. The zero-order valence-corrected chi connectivity index (χ0v) is 16.9. The Labute approximate surface area is 169 Å². The highest BCUT2D eigenvalue weighted by atomic mass is 32.2. The SMILES string of the molecule is O=C(CCc1ccc(S(=O)(=O)N2CCCC2)cc1)NCCc1cc(F)cc(F)c1. The number of sulfonamides is 1. The Balaban J connectivity index is 1.45. The third-order valence-corrected chi connectivity index (χ3v) is 6.84. The first-order valence-electron chi connectivity index (χ1n) is 9.65. The van der Waals surface area contributed by atoms with Gasteiger partial charge in [-0.1, -0.05) is 12.1 Å². The molecule has 1 heterocycles. The van der Waals surface area contributed by atoms with Gasteiger partial charge in [-0.25, -0.2) is 17.2 Å². The van der Waals surface area contributed by atoms with E-state index in [9.17, 15) is 22.0 Å². The fraction of sp³-hybridized carbons (Fsp3) is 0.381. The van der Waals surface area contributed by atoms with Gasteiger partial charge in [0.2, 0.25) is 15.9 Å². The number of benzene rings is 2. The summed E-state index contributed by atoms with van der Waals surface area (Å²) in [7, 11) is -3.43. The summed E-state index contributed by atoms with van der Waals surface area (Å²) < 4.78 is 52.8. The van der Waals surface area contributed by atoms with E-state index in [2.05, 4.69) is 5.32 Å². The van der Waals surface area contributed by atoms with Crippen LogP contribution in [0.25, 0.3) is 0 Å². The van der Waals surface area contributed by atoms with E-state index in [1.54, 1.807) is 24.3 Å². The second kappa shape index (κ2) is 9.45. The minimum atomic E-state index is -3.43. The van der Waals surface area contributed by atoms with Crippen molar-refractivity contribution in [3.05, 3.63) is 65.2 Å². The van der Waals surface area contributed by atoms with Crippen molar-refractivity contribution in [2.45, 2.75) is 37.0 Å². The van der Waals surface area contributed by atoms with Crippen LogP contribution in [0.5, 0.6) is 0 Å². The van der Waals surface area contributed by atoms with Crippen LogP contribution in [0.15, 0.2) is 47.4 Å². The number of carbonyl (C=O) groups is 1. The Morgan fingerprint density at radius 3 is 2.17 bits per heavy atom. The van der Waals surface area contributed by atoms with E-state index in [0.717, 1.165) is 24.5 Å². The molecule has 8 heteroatoms.